The maximum absolute atomic E-state index is 13.4. The quantitative estimate of drug-likeness (QED) is 0.840. The van der Waals surface area contributed by atoms with Crippen LogP contribution in [0.4, 0.5) is 4.39 Å². The largest absolute Gasteiger partial charge is 0.388 e. The Morgan fingerprint density at radius 3 is 2.78 bits per heavy atom. The molecular formula is C15H22FNO. The van der Waals surface area contributed by atoms with Crippen LogP contribution < -0.4 is 0 Å². The van der Waals surface area contributed by atoms with Crippen LogP contribution in [0.25, 0.3) is 0 Å². The van der Waals surface area contributed by atoms with Crippen LogP contribution in [0.5, 0.6) is 0 Å². The lowest BCUT2D eigenvalue weighted by Gasteiger charge is -2.19. The average molecular weight is 251 g/mol. The maximum Gasteiger partial charge on any atom is 0.126 e. The number of nitrogens with zero attached hydrogens (tertiary/aromatic N) is 1. The van der Waals surface area contributed by atoms with Crippen LogP contribution >= 0.6 is 0 Å². The van der Waals surface area contributed by atoms with Crippen LogP contribution in [0.15, 0.2) is 18.2 Å². The highest BCUT2D eigenvalue weighted by Crippen LogP contribution is 2.29. The summed E-state index contributed by atoms with van der Waals surface area (Å²) < 4.78 is 13.4. The van der Waals surface area contributed by atoms with Crippen LogP contribution in [0.2, 0.25) is 0 Å². The molecule has 1 aromatic rings. The molecule has 0 saturated heterocycles. The van der Waals surface area contributed by atoms with Gasteiger partial charge in [0.25, 0.3) is 0 Å². The summed E-state index contributed by atoms with van der Waals surface area (Å²) in [5, 5.41) is 10.0. The SMILES string of the molecule is Cc1ccc(C(O)CCN(C)CC2CC2)cc1F. The van der Waals surface area contributed by atoms with Gasteiger partial charge < -0.3 is 10.0 Å². The number of hydrogen-bond donors (Lipinski definition) is 1. The van der Waals surface area contributed by atoms with Gasteiger partial charge in [-0.15, -0.1) is 0 Å². The second kappa shape index (κ2) is 5.81. The third kappa shape index (κ3) is 3.79. The molecule has 100 valence electrons. The van der Waals surface area contributed by atoms with Crippen molar-refractivity contribution in [3.8, 4) is 0 Å². The van der Waals surface area contributed by atoms with Gasteiger partial charge in [-0.05, 0) is 56.3 Å². The van der Waals surface area contributed by atoms with Crippen molar-refractivity contribution in [2.45, 2.75) is 32.3 Å². The Bertz CT molecular complexity index is 403. The first-order valence-corrected chi connectivity index (χ1v) is 6.69. The van der Waals surface area contributed by atoms with Gasteiger partial charge in [-0.3, -0.25) is 0 Å². The van der Waals surface area contributed by atoms with E-state index >= 15 is 0 Å². The van der Waals surface area contributed by atoms with E-state index in [0.29, 0.717) is 17.5 Å². The third-order valence-corrected chi connectivity index (χ3v) is 3.63. The summed E-state index contributed by atoms with van der Waals surface area (Å²) in [7, 11) is 2.08. The van der Waals surface area contributed by atoms with Crippen LogP contribution in [-0.4, -0.2) is 30.1 Å². The van der Waals surface area contributed by atoms with Crippen molar-refractivity contribution in [2.24, 2.45) is 5.92 Å². The smallest absolute Gasteiger partial charge is 0.126 e. The first-order chi connectivity index (χ1) is 8.56. The van der Waals surface area contributed by atoms with Gasteiger partial charge >= 0.3 is 0 Å². The number of aliphatic hydroxyl groups excluding tert-OH is 1. The molecule has 0 aromatic heterocycles. The van der Waals surface area contributed by atoms with E-state index < -0.39 is 6.10 Å². The number of halogens is 1. The minimum atomic E-state index is -0.568. The molecule has 0 bridgehead atoms. The van der Waals surface area contributed by atoms with E-state index in [0.717, 1.165) is 19.0 Å². The van der Waals surface area contributed by atoms with Gasteiger partial charge in [0.05, 0.1) is 6.10 Å². The van der Waals surface area contributed by atoms with Gasteiger partial charge in [0.1, 0.15) is 5.82 Å². The number of aliphatic hydroxyl groups is 1. The highest BCUT2D eigenvalue weighted by molar-refractivity contribution is 5.24. The van der Waals surface area contributed by atoms with Crippen LogP contribution in [0.1, 0.15) is 36.5 Å². The molecule has 1 fully saturated rings. The topological polar surface area (TPSA) is 23.5 Å². The Balaban J connectivity index is 1.82. The molecule has 1 aliphatic rings. The van der Waals surface area contributed by atoms with Crippen molar-refractivity contribution < 1.29 is 9.50 Å². The lowest BCUT2D eigenvalue weighted by molar-refractivity contribution is 0.147. The predicted octanol–water partition coefficient (Wildman–Crippen LogP) is 2.90. The fraction of sp³-hybridized carbons (Fsp3) is 0.600. The van der Waals surface area contributed by atoms with E-state index in [1.54, 1.807) is 13.0 Å². The second-order valence-corrected chi connectivity index (χ2v) is 5.52. The number of benzene rings is 1. The Morgan fingerprint density at radius 2 is 2.17 bits per heavy atom. The Kier molecular flexibility index (Phi) is 4.36. The van der Waals surface area contributed by atoms with Crippen molar-refractivity contribution >= 4 is 0 Å². The van der Waals surface area contributed by atoms with Gasteiger partial charge in [-0.2, -0.15) is 0 Å². The highest BCUT2D eigenvalue weighted by Gasteiger charge is 2.22. The van der Waals surface area contributed by atoms with Gasteiger partial charge in [-0.1, -0.05) is 12.1 Å². The van der Waals surface area contributed by atoms with E-state index in [9.17, 15) is 9.50 Å². The summed E-state index contributed by atoms with van der Waals surface area (Å²) in [6.07, 6.45) is 2.78. The molecule has 0 heterocycles. The molecule has 3 heteroatoms. The zero-order valence-corrected chi connectivity index (χ0v) is 11.2. The standard InChI is InChI=1S/C15H22FNO/c1-11-3-6-13(9-14(11)16)15(18)7-8-17(2)10-12-4-5-12/h3,6,9,12,15,18H,4-5,7-8,10H2,1-2H3. The molecule has 0 amide bonds. The first-order valence-electron chi connectivity index (χ1n) is 6.69. The number of hydrogen-bond acceptors (Lipinski definition) is 2. The molecule has 2 rings (SSSR count). The molecule has 1 unspecified atom stereocenters. The average Bonchev–Trinajstić information content (AvgIpc) is 3.13. The normalized spacial score (nSPS) is 17.2. The fourth-order valence-electron chi connectivity index (χ4n) is 2.16. The summed E-state index contributed by atoms with van der Waals surface area (Å²) in [5.41, 5.74) is 1.30. The second-order valence-electron chi connectivity index (χ2n) is 5.52. The monoisotopic (exact) mass is 251 g/mol. The van der Waals surface area contributed by atoms with Gasteiger partial charge in [0.15, 0.2) is 0 Å². The zero-order valence-electron chi connectivity index (χ0n) is 11.2. The van der Waals surface area contributed by atoms with E-state index in [4.69, 9.17) is 0 Å². The molecule has 2 nitrogen and oxygen atoms in total. The van der Waals surface area contributed by atoms with Gasteiger partial charge in [0.2, 0.25) is 0 Å². The summed E-state index contributed by atoms with van der Waals surface area (Å²) in [4.78, 5) is 2.26. The van der Waals surface area contributed by atoms with Crippen LogP contribution in [0, 0.1) is 18.7 Å². The Labute approximate surface area is 108 Å². The van der Waals surface area contributed by atoms with E-state index in [1.807, 2.05) is 6.07 Å². The first kappa shape index (κ1) is 13.5. The molecule has 18 heavy (non-hydrogen) atoms. The van der Waals surface area contributed by atoms with Crippen LogP contribution in [-0.2, 0) is 0 Å². The lowest BCUT2D eigenvalue weighted by Crippen LogP contribution is -2.23. The molecule has 0 aliphatic heterocycles. The minimum Gasteiger partial charge on any atom is -0.388 e. The molecular weight excluding hydrogens is 229 g/mol. The van der Waals surface area contributed by atoms with Crippen molar-refractivity contribution in [3.63, 3.8) is 0 Å². The predicted molar refractivity (Wildman–Crippen MR) is 70.9 cm³/mol. The molecule has 1 atom stereocenters. The number of aryl methyl sites for hydroxylation is 1. The summed E-state index contributed by atoms with van der Waals surface area (Å²) in [6.45, 7) is 3.71. The van der Waals surface area contributed by atoms with Crippen LogP contribution in [0.3, 0.4) is 0 Å². The van der Waals surface area contributed by atoms with Crippen molar-refractivity contribution in [3.05, 3.63) is 35.1 Å². The Morgan fingerprint density at radius 1 is 1.44 bits per heavy atom. The molecule has 1 saturated carbocycles. The zero-order chi connectivity index (χ0) is 13.1. The number of rotatable bonds is 6. The van der Waals surface area contributed by atoms with Crippen molar-refractivity contribution in [2.75, 3.05) is 20.1 Å². The van der Waals surface area contributed by atoms with E-state index in [2.05, 4.69) is 11.9 Å². The van der Waals surface area contributed by atoms with E-state index in [-0.39, 0.29) is 5.82 Å². The highest BCUT2D eigenvalue weighted by atomic mass is 19.1. The molecule has 1 aromatic carbocycles. The van der Waals surface area contributed by atoms with Crippen molar-refractivity contribution in [1.82, 2.24) is 4.90 Å². The molecule has 1 aliphatic carbocycles. The van der Waals surface area contributed by atoms with Gasteiger partial charge in [-0.25, -0.2) is 4.39 Å². The molecule has 0 radical (unpaired) electrons. The third-order valence-electron chi connectivity index (χ3n) is 3.63. The lowest BCUT2D eigenvalue weighted by atomic mass is 10.0. The Hall–Kier alpha value is -0.930. The van der Waals surface area contributed by atoms with E-state index in [1.165, 1.54) is 18.9 Å². The van der Waals surface area contributed by atoms with Crippen molar-refractivity contribution in [1.29, 1.82) is 0 Å². The molecule has 0 spiro atoms. The summed E-state index contributed by atoms with van der Waals surface area (Å²) in [6, 6.07) is 4.98. The molecule has 1 N–H and O–H groups in total. The summed E-state index contributed by atoms with van der Waals surface area (Å²) in [5.74, 6) is 0.627. The summed E-state index contributed by atoms with van der Waals surface area (Å²) >= 11 is 0. The fourth-order valence-corrected chi connectivity index (χ4v) is 2.16. The maximum atomic E-state index is 13.4. The van der Waals surface area contributed by atoms with Gasteiger partial charge in [0, 0.05) is 13.1 Å². The minimum absolute atomic E-state index is 0.238.